The molecule has 0 aliphatic heterocycles. The first kappa shape index (κ1) is 22.8. The molecule has 0 aliphatic rings. The van der Waals surface area contributed by atoms with Gasteiger partial charge in [-0.25, -0.2) is 9.97 Å². The number of nitrogens with zero attached hydrogens (tertiary/aromatic N) is 2. The van der Waals surface area contributed by atoms with Crippen LogP contribution in [0.2, 0.25) is 0 Å². The van der Waals surface area contributed by atoms with Gasteiger partial charge in [0, 0.05) is 23.1 Å². The average Bonchev–Trinajstić information content (AvgIpc) is 2.80. The van der Waals surface area contributed by atoms with Crippen LogP contribution in [0.15, 0.2) is 78.9 Å². The summed E-state index contributed by atoms with van der Waals surface area (Å²) in [6.07, 6.45) is 0. The molecule has 1 heterocycles. The first-order valence-corrected chi connectivity index (χ1v) is 11.0. The number of hydrogen-bond acceptors (Lipinski definition) is 6. The third kappa shape index (κ3) is 6.56. The summed E-state index contributed by atoms with van der Waals surface area (Å²) in [4.78, 5) is 21.1. The van der Waals surface area contributed by atoms with Gasteiger partial charge in [-0.3, -0.25) is 4.79 Å². The summed E-state index contributed by atoms with van der Waals surface area (Å²) in [6, 6.07) is 25.0. The molecule has 1 aromatic heterocycles. The predicted octanol–water partition coefficient (Wildman–Crippen LogP) is 5.91. The van der Waals surface area contributed by atoms with E-state index >= 15 is 0 Å². The van der Waals surface area contributed by atoms with Crippen LogP contribution in [0.1, 0.15) is 17.0 Å². The zero-order chi connectivity index (χ0) is 23.9. The summed E-state index contributed by atoms with van der Waals surface area (Å²) in [5.74, 6) is 2.48. The Morgan fingerprint density at radius 2 is 1.32 bits per heavy atom. The summed E-state index contributed by atoms with van der Waals surface area (Å²) < 4.78 is 5.55. The Labute approximate surface area is 199 Å². The van der Waals surface area contributed by atoms with Crippen molar-refractivity contribution in [1.82, 2.24) is 9.97 Å². The molecule has 0 saturated carbocycles. The van der Waals surface area contributed by atoms with Gasteiger partial charge in [0.05, 0.1) is 0 Å². The van der Waals surface area contributed by atoms with E-state index in [2.05, 4.69) is 32.8 Å². The zero-order valence-corrected chi connectivity index (χ0v) is 19.4. The van der Waals surface area contributed by atoms with E-state index in [1.54, 1.807) is 0 Å². The number of aryl methyl sites for hydroxylation is 3. The summed E-state index contributed by atoms with van der Waals surface area (Å²) >= 11 is 0. The quantitative estimate of drug-likeness (QED) is 0.308. The third-order valence-electron chi connectivity index (χ3n) is 4.96. The van der Waals surface area contributed by atoms with Crippen LogP contribution < -0.4 is 20.7 Å². The fourth-order valence-corrected chi connectivity index (χ4v) is 3.32. The molecule has 3 N–H and O–H groups in total. The van der Waals surface area contributed by atoms with E-state index in [4.69, 9.17) is 4.74 Å². The lowest BCUT2D eigenvalue weighted by Gasteiger charge is -2.11. The second-order valence-corrected chi connectivity index (χ2v) is 8.03. The molecule has 0 radical (unpaired) electrons. The maximum Gasteiger partial charge on any atom is 0.262 e. The monoisotopic (exact) mass is 453 g/mol. The Kier molecular flexibility index (Phi) is 7.03. The van der Waals surface area contributed by atoms with Gasteiger partial charge in [0.15, 0.2) is 6.61 Å². The minimum Gasteiger partial charge on any atom is -0.484 e. The van der Waals surface area contributed by atoms with Crippen molar-refractivity contribution >= 4 is 34.6 Å². The van der Waals surface area contributed by atoms with Gasteiger partial charge in [0.2, 0.25) is 0 Å². The Morgan fingerprint density at radius 1 is 0.735 bits per heavy atom. The minimum atomic E-state index is -0.222. The van der Waals surface area contributed by atoms with Crippen LogP contribution in [0.5, 0.6) is 5.75 Å². The SMILES string of the molecule is Cc1ccc(Nc2cc(Nc3ccc(NC(=O)COc4cccc(C)c4)cc3)nc(C)n2)cc1. The Bertz CT molecular complexity index is 1270. The van der Waals surface area contributed by atoms with Crippen LogP contribution in [-0.4, -0.2) is 22.5 Å². The molecule has 7 heteroatoms. The van der Waals surface area contributed by atoms with Gasteiger partial charge in [-0.2, -0.15) is 0 Å². The summed E-state index contributed by atoms with van der Waals surface area (Å²) in [5.41, 5.74) is 4.77. The number of aromatic nitrogens is 2. The molecule has 0 spiro atoms. The van der Waals surface area contributed by atoms with Gasteiger partial charge in [-0.15, -0.1) is 0 Å². The number of carbonyl (C=O) groups is 1. The Balaban J connectivity index is 1.34. The molecule has 1 amide bonds. The van der Waals surface area contributed by atoms with E-state index in [0.717, 1.165) is 16.9 Å². The van der Waals surface area contributed by atoms with Crippen molar-refractivity contribution < 1.29 is 9.53 Å². The number of hydrogen-bond donors (Lipinski definition) is 3. The van der Waals surface area contributed by atoms with Crippen LogP contribution in [0, 0.1) is 20.8 Å². The van der Waals surface area contributed by atoms with Gasteiger partial charge in [0.25, 0.3) is 5.91 Å². The highest BCUT2D eigenvalue weighted by atomic mass is 16.5. The Morgan fingerprint density at radius 3 is 1.94 bits per heavy atom. The molecule has 0 atom stereocenters. The number of ether oxygens (including phenoxy) is 1. The van der Waals surface area contributed by atoms with Crippen molar-refractivity contribution in [2.45, 2.75) is 20.8 Å². The molecule has 3 aromatic carbocycles. The highest BCUT2D eigenvalue weighted by Gasteiger charge is 2.06. The van der Waals surface area contributed by atoms with Crippen molar-refractivity contribution in [3.05, 3.63) is 95.8 Å². The molecule has 7 nitrogen and oxygen atoms in total. The number of anilines is 5. The molecular weight excluding hydrogens is 426 g/mol. The van der Waals surface area contributed by atoms with Gasteiger partial charge >= 0.3 is 0 Å². The number of nitrogens with one attached hydrogen (secondary N) is 3. The van der Waals surface area contributed by atoms with Crippen LogP contribution >= 0.6 is 0 Å². The summed E-state index contributed by atoms with van der Waals surface area (Å²) in [5, 5.41) is 9.43. The average molecular weight is 454 g/mol. The van der Waals surface area contributed by atoms with Gasteiger partial charge in [-0.1, -0.05) is 29.8 Å². The summed E-state index contributed by atoms with van der Waals surface area (Å²) in [6.45, 7) is 5.83. The zero-order valence-electron chi connectivity index (χ0n) is 19.4. The van der Waals surface area contributed by atoms with E-state index in [0.29, 0.717) is 28.9 Å². The first-order chi connectivity index (χ1) is 16.4. The van der Waals surface area contributed by atoms with Crippen molar-refractivity contribution in [1.29, 1.82) is 0 Å². The molecule has 0 fully saturated rings. The highest BCUT2D eigenvalue weighted by Crippen LogP contribution is 2.22. The predicted molar refractivity (Wildman–Crippen MR) is 136 cm³/mol. The molecule has 0 aliphatic carbocycles. The van der Waals surface area contributed by atoms with Crippen LogP contribution in [0.25, 0.3) is 0 Å². The minimum absolute atomic E-state index is 0.0551. The van der Waals surface area contributed by atoms with Crippen molar-refractivity contribution in [2.75, 3.05) is 22.6 Å². The molecule has 4 aromatic rings. The van der Waals surface area contributed by atoms with Gasteiger partial charge < -0.3 is 20.7 Å². The van der Waals surface area contributed by atoms with Gasteiger partial charge in [-0.05, 0) is 74.9 Å². The largest absolute Gasteiger partial charge is 0.484 e. The second kappa shape index (κ2) is 10.5. The lowest BCUT2D eigenvalue weighted by Crippen LogP contribution is -2.20. The molecule has 0 unspecified atom stereocenters. The molecule has 0 bridgehead atoms. The van der Waals surface area contributed by atoms with E-state index in [-0.39, 0.29) is 12.5 Å². The molecule has 4 rings (SSSR count). The van der Waals surface area contributed by atoms with E-state index < -0.39 is 0 Å². The fraction of sp³-hybridized carbons (Fsp3) is 0.148. The summed E-state index contributed by atoms with van der Waals surface area (Å²) in [7, 11) is 0. The van der Waals surface area contributed by atoms with Crippen molar-refractivity contribution in [3.8, 4) is 5.75 Å². The van der Waals surface area contributed by atoms with Crippen LogP contribution in [0.4, 0.5) is 28.7 Å². The fourth-order valence-electron chi connectivity index (χ4n) is 3.32. The van der Waals surface area contributed by atoms with E-state index in [1.165, 1.54) is 5.56 Å². The number of carbonyl (C=O) groups excluding carboxylic acids is 1. The lowest BCUT2D eigenvalue weighted by atomic mass is 10.2. The number of amides is 1. The number of rotatable bonds is 8. The normalized spacial score (nSPS) is 10.4. The second-order valence-electron chi connectivity index (χ2n) is 8.03. The number of benzene rings is 3. The maximum absolute atomic E-state index is 12.2. The van der Waals surface area contributed by atoms with Gasteiger partial charge in [0.1, 0.15) is 23.2 Å². The Hall–Kier alpha value is -4.39. The molecule has 172 valence electrons. The first-order valence-electron chi connectivity index (χ1n) is 11.0. The van der Waals surface area contributed by atoms with E-state index in [1.807, 2.05) is 92.7 Å². The smallest absolute Gasteiger partial charge is 0.262 e. The molecule has 0 saturated heterocycles. The maximum atomic E-state index is 12.2. The van der Waals surface area contributed by atoms with Crippen LogP contribution in [0.3, 0.4) is 0 Å². The molecule has 34 heavy (non-hydrogen) atoms. The van der Waals surface area contributed by atoms with Crippen LogP contribution in [-0.2, 0) is 4.79 Å². The standard InChI is InChI=1S/C27H27N5O2/c1-18-7-9-21(10-8-18)30-25-16-26(29-20(3)28-25)31-22-11-13-23(14-12-22)32-27(33)17-34-24-6-4-5-19(2)15-24/h4-16H,17H2,1-3H3,(H,32,33)(H2,28,29,30,31). The molecular formula is C27H27N5O2. The topological polar surface area (TPSA) is 88.2 Å². The third-order valence-corrected chi connectivity index (χ3v) is 4.96. The highest BCUT2D eigenvalue weighted by molar-refractivity contribution is 5.92. The van der Waals surface area contributed by atoms with Crippen molar-refractivity contribution in [3.63, 3.8) is 0 Å². The van der Waals surface area contributed by atoms with E-state index in [9.17, 15) is 4.79 Å². The van der Waals surface area contributed by atoms with Crippen molar-refractivity contribution in [2.24, 2.45) is 0 Å². The lowest BCUT2D eigenvalue weighted by molar-refractivity contribution is -0.118.